The zero-order valence-corrected chi connectivity index (χ0v) is 12.3. The highest BCUT2D eigenvalue weighted by Gasteiger charge is 2.31. The molecule has 0 spiro atoms. The predicted molar refractivity (Wildman–Crippen MR) is 76.2 cm³/mol. The second kappa shape index (κ2) is 6.78. The van der Waals surface area contributed by atoms with Crippen LogP contribution in [-0.4, -0.2) is 43.2 Å². The molecule has 112 valence electrons. The van der Waals surface area contributed by atoms with E-state index in [-0.39, 0.29) is 31.4 Å². The van der Waals surface area contributed by atoms with Crippen molar-refractivity contribution in [2.24, 2.45) is 5.73 Å². The summed E-state index contributed by atoms with van der Waals surface area (Å²) >= 11 is 0. The Morgan fingerprint density at radius 3 is 2.55 bits per heavy atom. The number of ether oxygens (including phenoxy) is 2. The molecule has 1 atom stereocenters. The van der Waals surface area contributed by atoms with Crippen LogP contribution in [0.25, 0.3) is 0 Å². The SMILES string of the molecule is COc1ccc(OC)c2c1CN(C(=O)CN)CC2O.Cl. The molecule has 3 N–H and O–H groups in total. The lowest BCUT2D eigenvalue weighted by Crippen LogP contribution is -2.41. The van der Waals surface area contributed by atoms with Crippen molar-refractivity contribution in [3.8, 4) is 11.5 Å². The van der Waals surface area contributed by atoms with Crippen LogP contribution in [0.1, 0.15) is 17.2 Å². The Balaban J connectivity index is 0.00000200. The van der Waals surface area contributed by atoms with E-state index in [0.29, 0.717) is 23.6 Å². The van der Waals surface area contributed by atoms with Gasteiger partial charge in [0.05, 0.1) is 27.3 Å². The van der Waals surface area contributed by atoms with E-state index in [1.54, 1.807) is 26.4 Å². The highest BCUT2D eigenvalue weighted by molar-refractivity contribution is 5.85. The van der Waals surface area contributed by atoms with Gasteiger partial charge >= 0.3 is 0 Å². The lowest BCUT2D eigenvalue weighted by molar-refractivity contribution is -0.132. The molecule has 0 saturated carbocycles. The number of aliphatic hydroxyl groups is 1. The van der Waals surface area contributed by atoms with Crippen LogP contribution in [0, 0.1) is 0 Å². The molecule has 0 fully saturated rings. The van der Waals surface area contributed by atoms with Crippen molar-refractivity contribution in [1.82, 2.24) is 4.90 Å². The van der Waals surface area contributed by atoms with Gasteiger partial charge in [-0.05, 0) is 12.1 Å². The molecule has 6 nitrogen and oxygen atoms in total. The molecular formula is C13H19ClN2O4. The first kappa shape index (κ1) is 16.6. The van der Waals surface area contributed by atoms with Gasteiger partial charge in [0.2, 0.25) is 5.91 Å². The Bertz CT molecular complexity index is 496. The lowest BCUT2D eigenvalue weighted by atomic mass is 9.95. The number of nitrogens with zero attached hydrogens (tertiary/aromatic N) is 1. The third-order valence-corrected chi connectivity index (χ3v) is 3.32. The maximum atomic E-state index is 11.7. The third kappa shape index (κ3) is 2.82. The van der Waals surface area contributed by atoms with Gasteiger partial charge in [0.1, 0.15) is 17.6 Å². The zero-order valence-electron chi connectivity index (χ0n) is 11.5. The van der Waals surface area contributed by atoms with Crippen molar-refractivity contribution in [2.45, 2.75) is 12.6 Å². The summed E-state index contributed by atoms with van der Waals surface area (Å²) in [6, 6.07) is 3.52. The molecule has 0 aliphatic carbocycles. The van der Waals surface area contributed by atoms with E-state index >= 15 is 0 Å². The van der Waals surface area contributed by atoms with Crippen LogP contribution in [0.5, 0.6) is 11.5 Å². The van der Waals surface area contributed by atoms with Gasteiger partial charge in [-0.15, -0.1) is 12.4 Å². The number of hydrogen-bond donors (Lipinski definition) is 2. The summed E-state index contributed by atoms with van der Waals surface area (Å²) in [6.45, 7) is 0.504. The smallest absolute Gasteiger partial charge is 0.236 e. The number of nitrogens with two attached hydrogens (primary N) is 1. The van der Waals surface area contributed by atoms with E-state index in [9.17, 15) is 9.90 Å². The predicted octanol–water partition coefficient (Wildman–Crippen LogP) is 0.460. The minimum absolute atomic E-state index is 0. The quantitative estimate of drug-likeness (QED) is 0.847. The van der Waals surface area contributed by atoms with Crippen LogP contribution in [0.4, 0.5) is 0 Å². The van der Waals surface area contributed by atoms with Crippen LogP contribution >= 0.6 is 12.4 Å². The van der Waals surface area contributed by atoms with Crippen LogP contribution in [0.2, 0.25) is 0 Å². The number of β-amino-alcohol motifs (C(OH)–C–C–N with tert-alkyl or cyclic N) is 1. The minimum Gasteiger partial charge on any atom is -0.496 e. The summed E-state index contributed by atoms with van der Waals surface area (Å²) in [7, 11) is 3.10. The van der Waals surface area contributed by atoms with Gasteiger partial charge in [-0.3, -0.25) is 4.79 Å². The van der Waals surface area contributed by atoms with E-state index < -0.39 is 6.10 Å². The van der Waals surface area contributed by atoms with Gasteiger partial charge in [0.25, 0.3) is 0 Å². The van der Waals surface area contributed by atoms with Crippen LogP contribution in [0.15, 0.2) is 12.1 Å². The van der Waals surface area contributed by atoms with Crippen LogP contribution in [0.3, 0.4) is 0 Å². The fourth-order valence-electron chi connectivity index (χ4n) is 2.40. The summed E-state index contributed by atoms with van der Waals surface area (Å²) in [6.07, 6.45) is -0.802. The normalized spacial score (nSPS) is 17.0. The molecule has 1 amide bonds. The third-order valence-electron chi connectivity index (χ3n) is 3.32. The Morgan fingerprint density at radius 2 is 2.00 bits per heavy atom. The van der Waals surface area contributed by atoms with Gasteiger partial charge < -0.3 is 25.2 Å². The standard InChI is InChI=1S/C13H18N2O4.ClH/c1-18-10-3-4-11(19-2)13-8(10)6-15(7-9(13)16)12(17)5-14;/h3-4,9,16H,5-7,14H2,1-2H3;1H. The average molecular weight is 303 g/mol. The van der Waals surface area contributed by atoms with Crippen LogP contribution in [-0.2, 0) is 11.3 Å². The molecule has 1 aromatic carbocycles. The van der Waals surface area contributed by atoms with E-state index in [4.69, 9.17) is 15.2 Å². The van der Waals surface area contributed by atoms with Crippen molar-refractivity contribution in [1.29, 1.82) is 0 Å². The number of methoxy groups -OCH3 is 2. The van der Waals surface area contributed by atoms with Crippen molar-refractivity contribution in [2.75, 3.05) is 27.3 Å². The average Bonchev–Trinajstić information content (AvgIpc) is 2.44. The first-order chi connectivity index (χ1) is 9.12. The number of aliphatic hydroxyl groups excluding tert-OH is 1. The number of amides is 1. The second-order valence-electron chi connectivity index (χ2n) is 4.36. The Morgan fingerprint density at radius 1 is 1.40 bits per heavy atom. The largest absolute Gasteiger partial charge is 0.496 e. The number of carbonyl (C=O) groups excluding carboxylic acids is 1. The molecule has 1 aromatic rings. The second-order valence-corrected chi connectivity index (χ2v) is 4.36. The maximum absolute atomic E-state index is 11.7. The molecule has 0 saturated heterocycles. The van der Waals surface area contributed by atoms with Gasteiger partial charge in [0, 0.05) is 17.7 Å². The van der Waals surface area contributed by atoms with Crippen molar-refractivity contribution >= 4 is 18.3 Å². The lowest BCUT2D eigenvalue weighted by Gasteiger charge is -2.33. The fourth-order valence-corrected chi connectivity index (χ4v) is 2.40. The van der Waals surface area contributed by atoms with Crippen molar-refractivity contribution in [3.63, 3.8) is 0 Å². The molecule has 0 radical (unpaired) electrons. The molecule has 1 aliphatic rings. The summed E-state index contributed by atoms with van der Waals surface area (Å²) < 4.78 is 10.5. The highest BCUT2D eigenvalue weighted by Crippen LogP contribution is 2.39. The zero-order chi connectivity index (χ0) is 14.0. The molecule has 1 unspecified atom stereocenters. The van der Waals surface area contributed by atoms with E-state index in [1.165, 1.54) is 4.90 Å². The number of rotatable bonds is 3. The summed E-state index contributed by atoms with van der Waals surface area (Å²) in [5.74, 6) is 1.03. The molecular weight excluding hydrogens is 284 g/mol. The molecule has 0 aromatic heterocycles. The molecule has 1 heterocycles. The fraction of sp³-hybridized carbons (Fsp3) is 0.462. The monoisotopic (exact) mass is 302 g/mol. The number of carbonyl (C=O) groups is 1. The number of fused-ring (bicyclic) bond motifs is 1. The van der Waals surface area contributed by atoms with Crippen molar-refractivity contribution < 1.29 is 19.4 Å². The Kier molecular flexibility index (Phi) is 5.62. The van der Waals surface area contributed by atoms with Crippen molar-refractivity contribution in [3.05, 3.63) is 23.3 Å². The Hall–Kier alpha value is -1.50. The first-order valence-electron chi connectivity index (χ1n) is 6.02. The van der Waals surface area contributed by atoms with E-state index in [2.05, 4.69) is 0 Å². The maximum Gasteiger partial charge on any atom is 0.236 e. The minimum atomic E-state index is -0.802. The summed E-state index contributed by atoms with van der Waals surface area (Å²) in [4.78, 5) is 13.2. The molecule has 20 heavy (non-hydrogen) atoms. The summed E-state index contributed by atoms with van der Waals surface area (Å²) in [5.41, 5.74) is 6.82. The van der Waals surface area contributed by atoms with Gasteiger partial charge in [-0.1, -0.05) is 0 Å². The number of hydrogen-bond acceptors (Lipinski definition) is 5. The molecule has 2 rings (SSSR count). The van der Waals surface area contributed by atoms with Crippen LogP contribution < -0.4 is 15.2 Å². The Labute approximate surface area is 123 Å². The van der Waals surface area contributed by atoms with E-state index in [0.717, 1.165) is 5.56 Å². The molecule has 7 heteroatoms. The topological polar surface area (TPSA) is 85.0 Å². The van der Waals surface area contributed by atoms with Gasteiger partial charge in [0.15, 0.2) is 0 Å². The van der Waals surface area contributed by atoms with Gasteiger partial charge in [-0.25, -0.2) is 0 Å². The molecule has 1 aliphatic heterocycles. The number of halogens is 1. The van der Waals surface area contributed by atoms with Gasteiger partial charge in [-0.2, -0.15) is 0 Å². The number of benzene rings is 1. The highest BCUT2D eigenvalue weighted by atomic mass is 35.5. The first-order valence-corrected chi connectivity index (χ1v) is 6.02. The molecule has 0 bridgehead atoms. The summed E-state index contributed by atoms with van der Waals surface area (Å²) in [5, 5.41) is 10.2. The van der Waals surface area contributed by atoms with E-state index in [1.807, 2.05) is 0 Å².